The molecule has 2 heteroatoms. The predicted molar refractivity (Wildman–Crippen MR) is 70.7 cm³/mol. The predicted octanol–water partition coefficient (Wildman–Crippen LogP) is 3.28. The Morgan fingerprint density at radius 2 is 1.94 bits per heavy atom. The number of nitrogen functional groups attached to an aromatic ring is 1. The fraction of sp³-hybridized carbons (Fsp3) is 0.571. The van der Waals surface area contributed by atoms with Crippen LogP contribution in [0.5, 0.6) is 0 Å². The van der Waals surface area contributed by atoms with Crippen molar-refractivity contribution >= 4 is 11.4 Å². The molecule has 0 bridgehead atoms. The average Bonchev–Trinajstić information content (AvgIpc) is 2.31. The highest BCUT2D eigenvalue weighted by atomic mass is 15.2. The summed E-state index contributed by atoms with van der Waals surface area (Å²) in [6.07, 6.45) is 3.98. The first-order valence-electron chi connectivity index (χ1n) is 6.33. The molecule has 0 amide bonds. The Morgan fingerprint density at radius 1 is 1.25 bits per heavy atom. The molecule has 1 aliphatic rings. The molecule has 2 rings (SSSR count). The lowest BCUT2D eigenvalue weighted by atomic mass is 9.91. The Morgan fingerprint density at radius 3 is 2.56 bits per heavy atom. The van der Waals surface area contributed by atoms with Crippen molar-refractivity contribution in [2.75, 3.05) is 17.2 Å². The number of benzene rings is 1. The molecule has 0 aromatic heterocycles. The molecule has 88 valence electrons. The monoisotopic (exact) mass is 218 g/mol. The van der Waals surface area contributed by atoms with Gasteiger partial charge in [0.05, 0.1) is 0 Å². The summed E-state index contributed by atoms with van der Waals surface area (Å²) in [5, 5.41) is 0. The van der Waals surface area contributed by atoms with Crippen molar-refractivity contribution in [3.05, 3.63) is 24.3 Å². The Kier molecular flexibility index (Phi) is 3.37. The molecule has 0 spiro atoms. The lowest BCUT2D eigenvalue weighted by Crippen LogP contribution is -2.41. The van der Waals surface area contributed by atoms with Gasteiger partial charge in [-0.25, -0.2) is 0 Å². The summed E-state index contributed by atoms with van der Waals surface area (Å²) >= 11 is 0. The summed E-state index contributed by atoms with van der Waals surface area (Å²) in [6.45, 7) is 5.81. The highest BCUT2D eigenvalue weighted by molar-refractivity contribution is 5.53. The SMILES string of the molecule is CCC1CCC(C)N(c2ccc(N)cc2)C1. The van der Waals surface area contributed by atoms with Crippen molar-refractivity contribution in [3.63, 3.8) is 0 Å². The maximum atomic E-state index is 5.73. The topological polar surface area (TPSA) is 29.3 Å². The molecule has 2 unspecified atom stereocenters. The standard InChI is InChI=1S/C14H22N2/c1-3-12-5-4-11(2)16(10-12)14-8-6-13(15)7-9-14/h6-9,11-12H,3-5,10,15H2,1-2H3. The summed E-state index contributed by atoms with van der Waals surface area (Å²) in [5.74, 6) is 0.855. The highest BCUT2D eigenvalue weighted by Crippen LogP contribution is 2.29. The molecule has 1 saturated heterocycles. The quantitative estimate of drug-likeness (QED) is 0.772. The van der Waals surface area contributed by atoms with Gasteiger partial charge in [0.25, 0.3) is 0 Å². The molecular weight excluding hydrogens is 196 g/mol. The van der Waals surface area contributed by atoms with Crippen LogP contribution in [0, 0.1) is 5.92 Å². The van der Waals surface area contributed by atoms with E-state index >= 15 is 0 Å². The van der Waals surface area contributed by atoms with Crippen LogP contribution in [0.2, 0.25) is 0 Å². The van der Waals surface area contributed by atoms with Crippen LogP contribution in [0.4, 0.5) is 11.4 Å². The lowest BCUT2D eigenvalue weighted by molar-refractivity contribution is 0.359. The zero-order valence-corrected chi connectivity index (χ0v) is 10.3. The lowest BCUT2D eigenvalue weighted by Gasteiger charge is -2.39. The van der Waals surface area contributed by atoms with E-state index in [-0.39, 0.29) is 0 Å². The summed E-state index contributed by atoms with van der Waals surface area (Å²) < 4.78 is 0. The van der Waals surface area contributed by atoms with Crippen LogP contribution >= 0.6 is 0 Å². The van der Waals surface area contributed by atoms with E-state index in [9.17, 15) is 0 Å². The number of nitrogens with two attached hydrogens (primary N) is 1. The van der Waals surface area contributed by atoms with E-state index in [0.29, 0.717) is 6.04 Å². The van der Waals surface area contributed by atoms with Gasteiger partial charge in [-0.15, -0.1) is 0 Å². The summed E-state index contributed by atoms with van der Waals surface area (Å²) in [7, 11) is 0. The molecule has 0 aliphatic carbocycles. The van der Waals surface area contributed by atoms with Crippen molar-refractivity contribution < 1.29 is 0 Å². The van der Waals surface area contributed by atoms with E-state index in [2.05, 4.69) is 30.9 Å². The molecule has 2 N–H and O–H groups in total. The van der Waals surface area contributed by atoms with Gasteiger partial charge in [-0.05, 0) is 49.9 Å². The van der Waals surface area contributed by atoms with Crippen LogP contribution in [0.25, 0.3) is 0 Å². The van der Waals surface area contributed by atoms with Crippen molar-refractivity contribution in [3.8, 4) is 0 Å². The van der Waals surface area contributed by atoms with Crippen LogP contribution in [-0.4, -0.2) is 12.6 Å². The molecule has 2 nitrogen and oxygen atoms in total. The van der Waals surface area contributed by atoms with Gasteiger partial charge in [-0.2, -0.15) is 0 Å². The largest absolute Gasteiger partial charge is 0.399 e. The van der Waals surface area contributed by atoms with Gasteiger partial charge in [0, 0.05) is 24.0 Å². The molecular formula is C14H22N2. The van der Waals surface area contributed by atoms with Gasteiger partial charge >= 0.3 is 0 Å². The molecule has 1 heterocycles. The van der Waals surface area contributed by atoms with Crippen LogP contribution in [0.15, 0.2) is 24.3 Å². The first-order valence-corrected chi connectivity index (χ1v) is 6.33. The fourth-order valence-electron chi connectivity index (χ4n) is 2.54. The number of rotatable bonds is 2. The number of nitrogens with zero attached hydrogens (tertiary/aromatic N) is 1. The van der Waals surface area contributed by atoms with Gasteiger partial charge in [-0.3, -0.25) is 0 Å². The second kappa shape index (κ2) is 4.77. The Labute approximate surface area is 98.4 Å². The van der Waals surface area contributed by atoms with Gasteiger partial charge in [0.1, 0.15) is 0 Å². The van der Waals surface area contributed by atoms with E-state index in [1.165, 1.54) is 31.5 Å². The number of hydrogen-bond acceptors (Lipinski definition) is 2. The smallest absolute Gasteiger partial charge is 0.0370 e. The molecule has 1 fully saturated rings. The first kappa shape index (κ1) is 11.3. The molecule has 0 radical (unpaired) electrons. The number of hydrogen-bond donors (Lipinski definition) is 1. The van der Waals surface area contributed by atoms with Crippen molar-refractivity contribution in [1.29, 1.82) is 0 Å². The number of anilines is 2. The van der Waals surface area contributed by atoms with Crippen LogP contribution < -0.4 is 10.6 Å². The zero-order valence-electron chi connectivity index (χ0n) is 10.3. The van der Waals surface area contributed by atoms with E-state index in [4.69, 9.17) is 5.73 Å². The van der Waals surface area contributed by atoms with E-state index in [1.807, 2.05) is 12.1 Å². The fourth-order valence-corrected chi connectivity index (χ4v) is 2.54. The Balaban J connectivity index is 2.14. The van der Waals surface area contributed by atoms with Crippen LogP contribution in [-0.2, 0) is 0 Å². The summed E-state index contributed by atoms with van der Waals surface area (Å²) in [5.41, 5.74) is 7.89. The maximum absolute atomic E-state index is 5.73. The second-order valence-electron chi connectivity index (χ2n) is 4.94. The van der Waals surface area contributed by atoms with E-state index in [1.54, 1.807) is 0 Å². The van der Waals surface area contributed by atoms with Crippen LogP contribution in [0.3, 0.4) is 0 Å². The molecule has 1 aromatic rings. The Bertz CT molecular complexity index is 331. The van der Waals surface area contributed by atoms with Gasteiger partial charge in [0.2, 0.25) is 0 Å². The second-order valence-corrected chi connectivity index (χ2v) is 4.94. The minimum atomic E-state index is 0.659. The average molecular weight is 218 g/mol. The van der Waals surface area contributed by atoms with E-state index in [0.717, 1.165) is 11.6 Å². The van der Waals surface area contributed by atoms with Crippen molar-refractivity contribution in [2.24, 2.45) is 5.92 Å². The highest BCUT2D eigenvalue weighted by Gasteiger charge is 2.24. The summed E-state index contributed by atoms with van der Waals surface area (Å²) in [6, 6.07) is 8.94. The third-order valence-electron chi connectivity index (χ3n) is 3.78. The van der Waals surface area contributed by atoms with Gasteiger partial charge in [0.15, 0.2) is 0 Å². The third-order valence-corrected chi connectivity index (χ3v) is 3.78. The van der Waals surface area contributed by atoms with Crippen molar-refractivity contribution in [1.82, 2.24) is 0 Å². The first-order chi connectivity index (χ1) is 7.70. The minimum Gasteiger partial charge on any atom is -0.399 e. The number of piperidine rings is 1. The molecule has 1 aromatic carbocycles. The third kappa shape index (κ3) is 2.31. The molecule has 1 aliphatic heterocycles. The molecule has 2 atom stereocenters. The molecule has 0 saturated carbocycles. The Hall–Kier alpha value is -1.18. The van der Waals surface area contributed by atoms with Gasteiger partial charge in [-0.1, -0.05) is 13.3 Å². The summed E-state index contributed by atoms with van der Waals surface area (Å²) in [4.78, 5) is 2.52. The van der Waals surface area contributed by atoms with E-state index < -0.39 is 0 Å². The zero-order chi connectivity index (χ0) is 11.5. The van der Waals surface area contributed by atoms with Gasteiger partial charge < -0.3 is 10.6 Å². The minimum absolute atomic E-state index is 0.659. The van der Waals surface area contributed by atoms with Crippen molar-refractivity contribution in [2.45, 2.75) is 39.2 Å². The van der Waals surface area contributed by atoms with Crippen LogP contribution in [0.1, 0.15) is 33.1 Å². The maximum Gasteiger partial charge on any atom is 0.0370 e. The normalized spacial score (nSPS) is 25.8. The molecule has 16 heavy (non-hydrogen) atoms.